The van der Waals surface area contributed by atoms with Crippen molar-refractivity contribution in [3.8, 4) is 0 Å². The summed E-state index contributed by atoms with van der Waals surface area (Å²) in [5.74, 6) is -0.501. The van der Waals surface area contributed by atoms with Crippen molar-refractivity contribution in [2.75, 3.05) is 5.32 Å². The maximum Gasteiger partial charge on any atom is 0.250 e. The molecule has 0 bridgehead atoms. The summed E-state index contributed by atoms with van der Waals surface area (Å²) in [6.45, 7) is 4.25. The van der Waals surface area contributed by atoms with Crippen molar-refractivity contribution in [1.82, 2.24) is 0 Å². The van der Waals surface area contributed by atoms with Crippen LogP contribution in [-0.2, 0) is 0 Å². The van der Waals surface area contributed by atoms with Gasteiger partial charge in [-0.2, -0.15) is 0 Å². The molecule has 0 radical (unpaired) electrons. The minimum Gasteiger partial charge on any atom is -0.382 e. The van der Waals surface area contributed by atoms with Crippen LogP contribution in [0.4, 0.5) is 5.69 Å². The Labute approximate surface area is 101 Å². The minimum absolute atomic E-state index is 0.358. The number of amides is 1. The number of carbonyl (C=O) groups is 1. The lowest BCUT2D eigenvalue weighted by atomic mass is 10.1. The number of nitrogens with one attached hydrogen (secondary N) is 1. The third-order valence-electron chi connectivity index (χ3n) is 2.59. The molecule has 3 N–H and O–H groups in total. The second-order valence-corrected chi connectivity index (χ2v) is 4.12. The summed E-state index contributed by atoms with van der Waals surface area (Å²) in [7, 11) is 0. The van der Waals surface area contributed by atoms with Crippen molar-refractivity contribution < 1.29 is 4.79 Å². The van der Waals surface area contributed by atoms with E-state index in [0.29, 0.717) is 16.6 Å². The van der Waals surface area contributed by atoms with E-state index in [2.05, 4.69) is 19.2 Å². The Hall–Kier alpha value is -1.22. The highest BCUT2D eigenvalue weighted by Gasteiger charge is 2.08. The van der Waals surface area contributed by atoms with Crippen LogP contribution in [0, 0.1) is 0 Å². The molecular formula is C12H17ClN2O. The van der Waals surface area contributed by atoms with Gasteiger partial charge < -0.3 is 11.1 Å². The van der Waals surface area contributed by atoms with Gasteiger partial charge in [0.1, 0.15) is 0 Å². The van der Waals surface area contributed by atoms with Crippen molar-refractivity contribution in [3.63, 3.8) is 0 Å². The Morgan fingerprint density at radius 3 is 2.50 bits per heavy atom. The van der Waals surface area contributed by atoms with Crippen molar-refractivity contribution >= 4 is 23.2 Å². The molecule has 0 atom stereocenters. The van der Waals surface area contributed by atoms with E-state index in [9.17, 15) is 4.79 Å². The first-order valence-corrected chi connectivity index (χ1v) is 5.82. The zero-order chi connectivity index (χ0) is 12.1. The largest absolute Gasteiger partial charge is 0.382 e. The molecule has 0 aliphatic carbocycles. The number of carbonyl (C=O) groups excluding carboxylic acids is 1. The number of rotatable bonds is 5. The Balaban J connectivity index is 2.84. The van der Waals surface area contributed by atoms with Crippen LogP contribution in [0.25, 0.3) is 0 Å². The van der Waals surface area contributed by atoms with Gasteiger partial charge in [0.2, 0.25) is 5.91 Å². The van der Waals surface area contributed by atoms with Gasteiger partial charge >= 0.3 is 0 Å². The molecule has 0 saturated heterocycles. The Bertz CT molecular complexity index is 375. The predicted molar refractivity (Wildman–Crippen MR) is 68.0 cm³/mol. The van der Waals surface area contributed by atoms with Crippen LogP contribution in [0.15, 0.2) is 18.2 Å². The van der Waals surface area contributed by atoms with Gasteiger partial charge in [0, 0.05) is 11.7 Å². The molecule has 0 aliphatic rings. The van der Waals surface area contributed by atoms with Crippen LogP contribution in [0.1, 0.15) is 37.0 Å². The molecule has 1 rings (SSSR count). The molecule has 0 spiro atoms. The van der Waals surface area contributed by atoms with E-state index in [1.807, 2.05) is 6.07 Å². The van der Waals surface area contributed by atoms with Gasteiger partial charge in [0.05, 0.1) is 10.6 Å². The molecule has 1 aromatic rings. The zero-order valence-corrected chi connectivity index (χ0v) is 10.3. The van der Waals surface area contributed by atoms with Gasteiger partial charge in [0.15, 0.2) is 0 Å². The van der Waals surface area contributed by atoms with Crippen molar-refractivity contribution in [3.05, 3.63) is 28.8 Å². The smallest absolute Gasteiger partial charge is 0.250 e. The summed E-state index contributed by atoms with van der Waals surface area (Å²) in [4.78, 5) is 11.0. The Kier molecular flexibility index (Phi) is 4.62. The monoisotopic (exact) mass is 240 g/mol. The van der Waals surface area contributed by atoms with Crippen LogP contribution in [0.5, 0.6) is 0 Å². The predicted octanol–water partition coefficient (Wildman–Crippen LogP) is 3.04. The molecule has 88 valence electrons. The molecule has 0 heterocycles. The lowest BCUT2D eigenvalue weighted by Gasteiger charge is -2.16. The number of hydrogen-bond acceptors (Lipinski definition) is 2. The van der Waals surface area contributed by atoms with Crippen molar-refractivity contribution in [1.29, 1.82) is 0 Å². The standard InChI is InChI=1S/C12H17ClN2O/c1-3-8(4-2)15-9-5-6-10(12(14)16)11(13)7-9/h5-8,15H,3-4H2,1-2H3,(H2,14,16). The number of anilines is 1. The van der Waals surface area contributed by atoms with E-state index in [1.165, 1.54) is 0 Å². The van der Waals surface area contributed by atoms with Gasteiger partial charge in [-0.1, -0.05) is 25.4 Å². The Morgan fingerprint density at radius 1 is 1.44 bits per heavy atom. The van der Waals surface area contributed by atoms with Gasteiger partial charge in [-0.25, -0.2) is 0 Å². The molecule has 4 heteroatoms. The maximum atomic E-state index is 11.0. The average Bonchev–Trinajstić information content (AvgIpc) is 2.25. The molecule has 1 aromatic carbocycles. The fraction of sp³-hybridized carbons (Fsp3) is 0.417. The van der Waals surface area contributed by atoms with Crippen molar-refractivity contribution in [2.24, 2.45) is 5.73 Å². The van der Waals surface area contributed by atoms with Crippen LogP contribution in [0.3, 0.4) is 0 Å². The van der Waals surface area contributed by atoms with Crippen LogP contribution in [0.2, 0.25) is 5.02 Å². The number of nitrogens with two attached hydrogens (primary N) is 1. The van der Waals surface area contributed by atoms with Crippen LogP contribution in [-0.4, -0.2) is 11.9 Å². The summed E-state index contributed by atoms with van der Waals surface area (Å²) in [6, 6.07) is 5.63. The molecule has 0 unspecified atom stereocenters. The van der Waals surface area contributed by atoms with Gasteiger partial charge in [-0.15, -0.1) is 0 Å². The van der Waals surface area contributed by atoms with E-state index in [-0.39, 0.29) is 0 Å². The second-order valence-electron chi connectivity index (χ2n) is 3.72. The molecule has 16 heavy (non-hydrogen) atoms. The van der Waals surface area contributed by atoms with Gasteiger partial charge in [0.25, 0.3) is 0 Å². The third kappa shape index (κ3) is 3.14. The molecule has 0 saturated carbocycles. The van der Waals surface area contributed by atoms with Crippen molar-refractivity contribution in [2.45, 2.75) is 32.7 Å². The van der Waals surface area contributed by atoms with E-state index in [4.69, 9.17) is 17.3 Å². The van der Waals surface area contributed by atoms with Crippen LogP contribution < -0.4 is 11.1 Å². The topological polar surface area (TPSA) is 55.1 Å². The van der Waals surface area contributed by atoms with E-state index >= 15 is 0 Å². The highest BCUT2D eigenvalue weighted by Crippen LogP contribution is 2.21. The molecule has 3 nitrogen and oxygen atoms in total. The summed E-state index contributed by atoms with van der Waals surface area (Å²) < 4.78 is 0. The summed E-state index contributed by atoms with van der Waals surface area (Å²) in [5.41, 5.74) is 6.45. The lowest BCUT2D eigenvalue weighted by Crippen LogP contribution is -2.17. The molecule has 0 fully saturated rings. The number of halogens is 1. The summed E-state index contributed by atoms with van der Waals surface area (Å²) in [6.07, 6.45) is 2.09. The van der Waals surface area contributed by atoms with Crippen LogP contribution >= 0.6 is 11.6 Å². The quantitative estimate of drug-likeness (QED) is 0.831. The number of primary amides is 1. The fourth-order valence-corrected chi connectivity index (χ4v) is 1.81. The SMILES string of the molecule is CCC(CC)Nc1ccc(C(N)=O)c(Cl)c1. The van der Waals surface area contributed by atoms with Gasteiger partial charge in [-0.05, 0) is 31.0 Å². The van der Waals surface area contributed by atoms with E-state index in [0.717, 1.165) is 18.5 Å². The Morgan fingerprint density at radius 2 is 2.06 bits per heavy atom. The summed E-state index contributed by atoms with van der Waals surface area (Å²) >= 11 is 5.95. The maximum absolute atomic E-state index is 11.0. The lowest BCUT2D eigenvalue weighted by molar-refractivity contribution is 0.100. The van der Waals surface area contributed by atoms with E-state index in [1.54, 1.807) is 12.1 Å². The van der Waals surface area contributed by atoms with E-state index < -0.39 is 5.91 Å². The second kappa shape index (κ2) is 5.75. The molecular weight excluding hydrogens is 224 g/mol. The first-order valence-electron chi connectivity index (χ1n) is 5.44. The molecule has 0 aromatic heterocycles. The summed E-state index contributed by atoms with van der Waals surface area (Å²) in [5, 5.41) is 3.74. The number of hydrogen-bond donors (Lipinski definition) is 2. The third-order valence-corrected chi connectivity index (χ3v) is 2.90. The molecule has 0 aliphatic heterocycles. The normalized spacial score (nSPS) is 10.5. The minimum atomic E-state index is -0.501. The highest BCUT2D eigenvalue weighted by atomic mass is 35.5. The average molecular weight is 241 g/mol. The molecule has 1 amide bonds. The number of benzene rings is 1. The zero-order valence-electron chi connectivity index (χ0n) is 9.59. The highest BCUT2D eigenvalue weighted by molar-refractivity contribution is 6.34. The fourth-order valence-electron chi connectivity index (χ4n) is 1.53. The first kappa shape index (κ1) is 12.8. The van der Waals surface area contributed by atoms with Gasteiger partial charge in [-0.3, -0.25) is 4.79 Å². The first-order chi connectivity index (χ1) is 7.58.